The Morgan fingerprint density at radius 2 is 0.861 bits per heavy atom. The second kappa shape index (κ2) is 22.1. The van der Waals surface area contributed by atoms with E-state index in [-0.39, 0.29) is 24.8 Å². The molecule has 0 bridgehead atoms. The van der Waals surface area contributed by atoms with E-state index in [1.165, 1.54) is 22.3 Å². The van der Waals surface area contributed by atoms with Crippen LogP contribution in [0.4, 0.5) is 0 Å². The third-order valence-electron chi connectivity index (χ3n) is 5.04. The summed E-state index contributed by atoms with van der Waals surface area (Å²) in [6.45, 7) is 19.7. The molecule has 4 heteroatoms. The van der Waals surface area contributed by atoms with Gasteiger partial charge in [0.15, 0.2) is 0 Å². The molecule has 2 aliphatic carbocycles. The Morgan fingerprint density at radius 3 is 0.944 bits per heavy atom. The largest absolute Gasteiger partial charge is 0.184 e. The SMILES string of the molecule is CC1=[C-]CC(C(C)(C)C)=C1.CC1=[C-]CC(C(C)(C)C)=C1.Cl.Cl.[SiH2]=[Zr].[c-]1ccccc1.[c-]1ccccc1. The third kappa shape index (κ3) is 20.2. The van der Waals surface area contributed by atoms with Crippen molar-refractivity contribution < 1.29 is 23.3 Å². The Balaban J connectivity index is -0.000000396. The van der Waals surface area contributed by atoms with Gasteiger partial charge in [-0.3, -0.25) is 12.2 Å². The monoisotopic (exact) mass is 616 g/mol. The van der Waals surface area contributed by atoms with Crippen molar-refractivity contribution in [1.29, 1.82) is 0 Å². The van der Waals surface area contributed by atoms with E-state index in [0.29, 0.717) is 10.8 Å². The zero-order valence-corrected chi connectivity index (χ0v) is 28.9. The van der Waals surface area contributed by atoms with E-state index < -0.39 is 0 Å². The molecular weight excluding hydrogens is 575 g/mol. The fourth-order valence-electron chi connectivity index (χ4n) is 2.84. The average molecular weight is 619 g/mol. The predicted octanol–water partition coefficient (Wildman–Crippen LogP) is 9.12. The minimum Gasteiger partial charge on any atom is -0.184 e. The Labute approximate surface area is 251 Å². The number of halogens is 2. The van der Waals surface area contributed by atoms with Crippen molar-refractivity contribution >= 4 is 31.7 Å². The molecule has 2 aliphatic rings. The van der Waals surface area contributed by atoms with Crippen LogP contribution < -0.4 is 0 Å². The number of hydrogen-bond acceptors (Lipinski definition) is 0. The molecule has 0 fully saturated rings. The first-order valence-corrected chi connectivity index (χ1v) is 17.7. The second-order valence-electron chi connectivity index (χ2n) is 10.1. The topological polar surface area (TPSA) is 0 Å². The van der Waals surface area contributed by atoms with Crippen molar-refractivity contribution in [3.63, 3.8) is 0 Å². The van der Waals surface area contributed by atoms with Crippen LogP contribution >= 0.6 is 24.8 Å². The normalized spacial score (nSPS) is 13.2. The minimum atomic E-state index is 0. The number of allylic oxidation sites excluding steroid dienone is 8. The Morgan fingerprint density at radius 1 is 0.583 bits per heavy atom. The van der Waals surface area contributed by atoms with Gasteiger partial charge in [-0.05, 0) is 10.8 Å². The van der Waals surface area contributed by atoms with E-state index in [1.807, 2.05) is 67.5 Å². The summed E-state index contributed by atoms with van der Waals surface area (Å²) in [4.78, 5) is 0. The van der Waals surface area contributed by atoms with Gasteiger partial charge in [-0.15, -0.1) is 37.7 Å². The van der Waals surface area contributed by atoms with Crippen molar-refractivity contribution in [3.05, 3.63) is 119 Å². The van der Waals surface area contributed by atoms with Crippen molar-refractivity contribution in [3.8, 4) is 0 Å². The fraction of sp³-hybridized carbons (Fsp3) is 0.375. The van der Waals surface area contributed by atoms with Crippen LogP contribution in [-0.4, -0.2) is 6.88 Å². The molecule has 36 heavy (non-hydrogen) atoms. The van der Waals surface area contributed by atoms with Crippen LogP contribution in [0.25, 0.3) is 0 Å². The van der Waals surface area contributed by atoms with E-state index in [4.69, 9.17) is 0 Å². The maximum Gasteiger partial charge on any atom is -0.171 e. The average Bonchev–Trinajstić information content (AvgIpc) is 3.47. The van der Waals surface area contributed by atoms with Crippen LogP contribution in [0.3, 0.4) is 0 Å². The number of benzene rings is 2. The van der Waals surface area contributed by atoms with Crippen molar-refractivity contribution in [1.82, 2.24) is 0 Å². The molecule has 0 unspecified atom stereocenters. The molecular formula is C32H44Cl2SiZr-4. The Bertz CT molecular complexity index is 785. The standard InChI is InChI=1S/2C10H15.2C6H5.2ClH.H2Si.Zr/c2*1-8-5-6-9(7-8)10(2,3)4;2*1-2-4-6-5-3-1;;;;/h2*7H,6H2,1-4H3;2*1-5H;2*1H;1H2;/q4*-1;;;;. The van der Waals surface area contributed by atoms with E-state index in [2.05, 4.69) is 91.8 Å². The summed E-state index contributed by atoms with van der Waals surface area (Å²) in [5.74, 6) is 0. The van der Waals surface area contributed by atoms with Gasteiger partial charge in [-0.1, -0.05) is 55.4 Å². The molecule has 0 spiro atoms. The first kappa shape index (κ1) is 39.6. The van der Waals surface area contributed by atoms with Gasteiger partial charge >= 0.3 is 30.2 Å². The fourth-order valence-corrected chi connectivity index (χ4v) is 2.84. The predicted molar refractivity (Wildman–Crippen MR) is 163 cm³/mol. The number of hydrogen-bond donors (Lipinski definition) is 0. The molecule has 2 aromatic rings. The zero-order valence-electron chi connectivity index (χ0n) is 23.4. The summed E-state index contributed by atoms with van der Waals surface area (Å²) in [6.07, 6.45) is 13.2. The second-order valence-corrected chi connectivity index (χ2v) is 10.1. The van der Waals surface area contributed by atoms with Crippen molar-refractivity contribution in [2.24, 2.45) is 10.8 Å². The van der Waals surface area contributed by atoms with Crippen molar-refractivity contribution in [2.75, 3.05) is 0 Å². The summed E-state index contributed by atoms with van der Waals surface area (Å²) in [6, 6.07) is 25.0. The van der Waals surface area contributed by atoms with Crippen LogP contribution in [-0.2, 0) is 23.3 Å². The molecule has 2 aromatic carbocycles. The smallest absolute Gasteiger partial charge is 0.171 e. The van der Waals surface area contributed by atoms with Crippen LogP contribution in [0.2, 0.25) is 0 Å². The third-order valence-corrected chi connectivity index (χ3v) is 5.04. The van der Waals surface area contributed by atoms with Crippen LogP contribution in [0.5, 0.6) is 0 Å². The Hall–Kier alpha value is -0.920. The van der Waals surface area contributed by atoms with Gasteiger partial charge in [-0.2, -0.15) is 83.9 Å². The molecule has 0 radical (unpaired) electrons. The molecule has 0 saturated heterocycles. The molecule has 0 nitrogen and oxygen atoms in total. The van der Waals surface area contributed by atoms with Gasteiger partial charge in [0.2, 0.25) is 0 Å². The van der Waals surface area contributed by atoms with Gasteiger partial charge in [0.05, 0.1) is 0 Å². The first-order valence-electron chi connectivity index (χ1n) is 11.7. The summed E-state index contributed by atoms with van der Waals surface area (Å²) in [7, 11) is 0. The molecule has 0 heterocycles. The molecule has 0 aromatic heterocycles. The Kier molecular flexibility index (Phi) is 24.3. The van der Waals surface area contributed by atoms with Gasteiger partial charge < -0.3 is 0 Å². The molecule has 0 aliphatic heterocycles. The summed E-state index contributed by atoms with van der Waals surface area (Å²) < 4.78 is 0. The minimum absolute atomic E-state index is 0. The summed E-state index contributed by atoms with van der Waals surface area (Å²) >= 11 is 1.58. The molecule has 0 N–H and O–H groups in total. The van der Waals surface area contributed by atoms with Crippen LogP contribution in [0, 0.1) is 35.1 Å². The van der Waals surface area contributed by atoms with Crippen LogP contribution in [0.1, 0.15) is 68.2 Å². The molecule has 0 atom stereocenters. The maximum absolute atomic E-state index is 3.30. The molecule has 0 amide bonds. The van der Waals surface area contributed by atoms with Gasteiger partial charge in [0, 0.05) is 0 Å². The summed E-state index contributed by atoms with van der Waals surface area (Å²) in [5.41, 5.74) is 6.28. The summed E-state index contributed by atoms with van der Waals surface area (Å²) in [5, 5.41) is 0. The quantitative estimate of drug-likeness (QED) is 0.204. The van der Waals surface area contributed by atoms with E-state index >= 15 is 0 Å². The van der Waals surface area contributed by atoms with Crippen LogP contribution in [0.15, 0.2) is 95.1 Å². The van der Waals surface area contributed by atoms with E-state index in [0.717, 1.165) is 12.8 Å². The maximum atomic E-state index is 3.30. The number of rotatable bonds is 0. The molecule has 0 saturated carbocycles. The van der Waals surface area contributed by atoms with Crippen molar-refractivity contribution in [2.45, 2.75) is 68.2 Å². The molecule has 198 valence electrons. The molecule has 4 rings (SSSR count). The van der Waals surface area contributed by atoms with Gasteiger partial charge in [0.25, 0.3) is 0 Å². The zero-order chi connectivity index (χ0) is 26.0. The van der Waals surface area contributed by atoms with E-state index in [1.54, 1.807) is 23.3 Å². The first-order chi connectivity index (χ1) is 16.0. The van der Waals surface area contributed by atoms with Gasteiger partial charge in [0.1, 0.15) is 0 Å². The van der Waals surface area contributed by atoms with E-state index in [9.17, 15) is 0 Å². The van der Waals surface area contributed by atoms with Gasteiger partial charge in [-0.25, -0.2) is 23.3 Å².